The van der Waals surface area contributed by atoms with Crippen molar-refractivity contribution < 1.29 is 14.6 Å². The first kappa shape index (κ1) is 14.0. The van der Waals surface area contributed by atoms with Crippen molar-refractivity contribution in [1.29, 1.82) is 0 Å². The summed E-state index contributed by atoms with van der Waals surface area (Å²) in [4.78, 5) is 13.8. The summed E-state index contributed by atoms with van der Waals surface area (Å²) in [5.41, 5.74) is -0.158. The predicted molar refractivity (Wildman–Crippen MR) is 69.4 cm³/mol. The van der Waals surface area contributed by atoms with Crippen LogP contribution in [0.15, 0.2) is 0 Å². The van der Waals surface area contributed by atoms with E-state index in [0.717, 1.165) is 38.9 Å². The molecule has 2 aliphatic rings. The number of ether oxygens (including phenoxy) is 1. The van der Waals surface area contributed by atoms with Gasteiger partial charge in [0.1, 0.15) is 6.29 Å². The Bertz CT molecular complexity index is 284. The van der Waals surface area contributed by atoms with Gasteiger partial charge < -0.3 is 14.6 Å². The maximum absolute atomic E-state index is 11.5. The van der Waals surface area contributed by atoms with Crippen molar-refractivity contribution in [1.82, 2.24) is 4.90 Å². The molecule has 0 amide bonds. The van der Waals surface area contributed by atoms with E-state index in [-0.39, 0.29) is 18.1 Å². The monoisotopic (exact) mass is 255 g/mol. The molecule has 4 heteroatoms. The molecule has 0 aromatic rings. The Balaban J connectivity index is 1.94. The molecular formula is C14H25NO3. The highest BCUT2D eigenvalue weighted by Gasteiger charge is 2.37. The third-order valence-corrected chi connectivity index (χ3v) is 4.34. The number of aliphatic hydroxyl groups excluding tert-OH is 1. The van der Waals surface area contributed by atoms with Crippen LogP contribution in [0, 0.1) is 11.3 Å². The molecule has 18 heavy (non-hydrogen) atoms. The molecule has 1 saturated carbocycles. The highest BCUT2D eigenvalue weighted by Crippen LogP contribution is 2.38. The molecule has 1 N–H and O–H groups in total. The van der Waals surface area contributed by atoms with Crippen molar-refractivity contribution in [3.8, 4) is 0 Å². The zero-order valence-electron chi connectivity index (χ0n) is 11.3. The summed E-state index contributed by atoms with van der Waals surface area (Å²) in [5.74, 6) is 0.652. The third kappa shape index (κ3) is 3.31. The highest BCUT2D eigenvalue weighted by molar-refractivity contribution is 5.60. The zero-order chi connectivity index (χ0) is 13.0. The summed E-state index contributed by atoms with van der Waals surface area (Å²) in [7, 11) is 0. The quantitative estimate of drug-likeness (QED) is 0.764. The zero-order valence-corrected chi connectivity index (χ0v) is 11.3. The summed E-state index contributed by atoms with van der Waals surface area (Å²) >= 11 is 0. The molecule has 2 rings (SSSR count). The smallest absolute Gasteiger partial charge is 0.127 e. The van der Waals surface area contributed by atoms with Crippen LogP contribution in [-0.4, -0.2) is 55.2 Å². The second-order valence-electron chi connectivity index (χ2n) is 6.09. The number of hydrogen-bond acceptors (Lipinski definition) is 4. The Kier molecular flexibility index (Phi) is 4.76. The van der Waals surface area contributed by atoms with E-state index in [9.17, 15) is 4.79 Å². The fourth-order valence-electron chi connectivity index (χ4n) is 3.47. The third-order valence-electron chi connectivity index (χ3n) is 4.34. The fourth-order valence-corrected chi connectivity index (χ4v) is 3.47. The number of nitrogens with zero attached hydrogens (tertiary/aromatic N) is 1. The van der Waals surface area contributed by atoms with Crippen LogP contribution in [-0.2, 0) is 9.53 Å². The lowest BCUT2D eigenvalue weighted by molar-refractivity contribution is -0.122. The molecule has 1 heterocycles. The Labute approximate surface area is 109 Å². The molecule has 1 saturated heterocycles. The van der Waals surface area contributed by atoms with Crippen LogP contribution in [0.4, 0.5) is 0 Å². The minimum Gasteiger partial charge on any atom is -0.394 e. The van der Waals surface area contributed by atoms with E-state index in [2.05, 4.69) is 11.8 Å². The van der Waals surface area contributed by atoms with Crippen LogP contribution in [0.25, 0.3) is 0 Å². The lowest BCUT2D eigenvalue weighted by atomic mass is 9.70. The number of aliphatic hydroxyl groups is 1. The molecule has 0 bridgehead atoms. The normalized spacial score (nSPS) is 38.6. The SMILES string of the molecule is CC1CCCC(C=O)(CN2CCOC(CO)C2)C1. The lowest BCUT2D eigenvalue weighted by Crippen LogP contribution is -2.49. The topological polar surface area (TPSA) is 49.8 Å². The molecule has 1 aliphatic heterocycles. The van der Waals surface area contributed by atoms with E-state index in [1.54, 1.807) is 0 Å². The van der Waals surface area contributed by atoms with E-state index in [1.807, 2.05) is 0 Å². The minimum atomic E-state index is -0.158. The molecule has 3 atom stereocenters. The lowest BCUT2D eigenvalue weighted by Gasteiger charge is -2.41. The van der Waals surface area contributed by atoms with Crippen molar-refractivity contribution in [2.24, 2.45) is 11.3 Å². The average Bonchev–Trinajstić information content (AvgIpc) is 2.39. The maximum atomic E-state index is 11.5. The van der Waals surface area contributed by atoms with Gasteiger partial charge in [-0.2, -0.15) is 0 Å². The van der Waals surface area contributed by atoms with Crippen LogP contribution in [0.2, 0.25) is 0 Å². The Hall–Kier alpha value is -0.450. The molecule has 1 aliphatic carbocycles. The van der Waals surface area contributed by atoms with Crippen LogP contribution < -0.4 is 0 Å². The molecule has 0 spiro atoms. The van der Waals surface area contributed by atoms with Crippen LogP contribution >= 0.6 is 0 Å². The van der Waals surface area contributed by atoms with E-state index in [4.69, 9.17) is 9.84 Å². The molecule has 2 fully saturated rings. The summed E-state index contributed by atoms with van der Waals surface area (Å²) in [6.07, 6.45) is 5.54. The summed E-state index contributed by atoms with van der Waals surface area (Å²) < 4.78 is 5.45. The maximum Gasteiger partial charge on any atom is 0.127 e. The van der Waals surface area contributed by atoms with Gasteiger partial charge >= 0.3 is 0 Å². The van der Waals surface area contributed by atoms with Crippen LogP contribution in [0.3, 0.4) is 0 Å². The van der Waals surface area contributed by atoms with Crippen molar-refractivity contribution in [3.05, 3.63) is 0 Å². The van der Waals surface area contributed by atoms with E-state index in [1.165, 1.54) is 12.7 Å². The van der Waals surface area contributed by atoms with Gasteiger partial charge in [-0.15, -0.1) is 0 Å². The van der Waals surface area contributed by atoms with Gasteiger partial charge in [0.25, 0.3) is 0 Å². The average molecular weight is 255 g/mol. The number of morpholine rings is 1. The number of carbonyl (C=O) groups excluding carboxylic acids is 1. The van der Waals surface area contributed by atoms with Crippen molar-refractivity contribution >= 4 is 6.29 Å². The molecule has 104 valence electrons. The van der Waals surface area contributed by atoms with Gasteiger partial charge in [0.15, 0.2) is 0 Å². The number of aldehydes is 1. The Morgan fingerprint density at radius 2 is 2.39 bits per heavy atom. The van der Waals surface area contributed by atoms with Crippen molar-refractivity contribution in [2.45, 2.75) is 38.7 Å². The molecule has 0 aromatic carbocycles. The fraction of sp³-hybridized carbons (Fsp3) is 0.929. The van der Waals surface area contributed by atoms with E-state index >= 15 is 0 Å². The highest BCUT2D eigenvalue weighted by atomic mass is 16.5. The van der Waals surface area contributed by atoms with Gasteiger partial charge in [0, 0.05) is 25.0 Å². The van der Waals surface area contributed by atoms with Gasteiger partial charge in [-0.05, 0) is 18.8 Å². The van der Waals surface area contributed by atoms with Gasteiger partial charge in [0.2, 0.25) is 0 Å². The van der Waals surface area contributed by atoms with Gasteiger partial charge in [-0.1, -0.05) is 19.8 Å². The molecule has 0 aromatic heterocycles. The number of carbonyl (C=O) groups is 1. The summed E-state index contributed by atoms with van der Waals surface area (Å²) in [6, 6.07) is 0. The van der Waals surface area contributed by atoms with Gasteiger partial charge in [-0.25, -0.2) is 0 Å². The van der Waals surface area contributed by atoms with Crippen molar-refractivity contribution in [3.63, 3.8) is 0 Å². The van der Waals surface area contributed by atoms with E-state index in [0.29, 0.717) is 12.5 Å². The Morgan fingerprint density at radius 3 is 3.06 bits per heavy atom. The first-order valence-corrected chi connectivity index (χ1v) is 7.08. The molecule has 4 nitrogen and oxygen atoms in total. The van der Waals surface area contributed by atoms with Gasteiger partial charge in [0.05, 0.1) is 19.3 Å². The first-order chi connectivity index (χ1) is 8.67. The van der Waals surface area contributed by atoms with E-state index < -0.39 is 0 Å². The molecular weight excluding hydrogens is 230 g/mol. The molecule has 3 unspecified atom stereocenters. The number of rotatable bonds is 4. The Morgan fingerprint density at radius 1 is 1.56 bits per heavy atom. The second kappa shape index (κ2) is 6.13. The standard InChI is InChI=1S/C14H25NO3/c1-12-3-2-4-14(7-12,11-17)10-15-5-6-18-13(8-15)9-16/h11-13,16H,2-10H2,1H3. The summed E-state index contributed by atoms with van der Waals surface area (Å²) in [6.45, 7) is 5.44. The number of hydrogen-bond donors (Lipinski definition) is 1. The van der Waals surface area contributed by atoms with Crippen LogP contribution in [0.5, 0.6) is 0 Å². The predicted octanol–water partition coefficient (Wildman–Crippen LogP) is 1.07. The first-order valence-electron chi connectivity index (χ1n) is 7.08. The minimum absolute atomic E-state index is 0.0704. The largest absolute Gasteiger partial charge is 0.394 e. The van der Waals surface area contributed by atoms with Gasteiger partial charge in [-0.3, -0.25) is 4.90 Å². The van der Waals surface area contributed by atoms with Crippen LogP contribution in [0.1, 0.15) is 32.6 Å². The second-order valence-corrected chi connectivity index (χ2v) is 6.09. The molecule has 0 radical (unpaired) electrons. The van der Waals surface area contributed by atoms with Crippen molar-refractivity contribution in [2.75, 3.05) is 32.8 Å². The summed E-state index contributed by atoms with van der Waals surface area (Å²) in [5, 5.41) is 9.16.